The van der Waals surface area contributed by atoms with Gasteiger partial charge in [-0.1, -0.05) is 0 Å². The van der Waals surface area contributed by atoms with E-state index < -0.39 is 5.97 Å². The Morgan fingerprint density at radius 1 is 1.71 bits per heavy atom. The monoisotopic (exact) mass is 313 g/mol. The van der Waals surface area contributed by atoms with Crippen molar-refractivity contribution in [1.82, 2.24) is 0 Å². The van der Waals surface area contributed by atoms with E-state index in [9.17, 15) is 4.79 Å². The van der Waals surface area contributed by atoms with Crippen LogP contribution in [-0.4, -0.2) is 44.3 Å². The fourth-order valence-electron chi connectivity index (χ4n) is 0.0808. The predicted molar refractivity (Wildman–Crippen MR) is 28.7 cm³/mol. The van der Waals surface area contributed by atoms with Gasteiger partial charge in [-0.25, -0.2) is 0 Å². The molecule has 7 heavy (non-hydrogen) atoms. The molecule has 0 aromatic rings. The molecule has 39 valence electrons. The Bertz CT molecular complexity index is 56.9. The Kier molecular flexibility index (Phi) is 10.1. The minimum absolute atomic E-state index is 0. The van der Waals surface area contributed by atoms with Crippen LogP contribution in [0.2, 0.25) is 0 Å². The standard InChI is InChI=1S/C3H5ClO2.Tl/c4-2-1-3(5)6;/h1-2H2,(H,5,6);. The molecule has 0 spiro atoms. The molecule has 0 aromatic carbocycles. The third-order valence-corrected chi connectivity index (χ3v) is 0.497. The Hall–Kier alpha value is 0.682. The Balaban J connectivity index is 0. The molecule has 4 heteroatoms. The van der Waals surface area contributed by atoms with Crippen molar-refractivity contribution in [3.8, 4) is 0 Å². The van der Waals surface area contributed by atoms with Crippen LogP contribution in [0.4, 0.5) is 0 Å². The Labute approximate surface area is 67.0 Å². The fourth-order valence-corrected chi connectivity index (χ4v) is 0.243. The number of alkyl halides is 1. The van der Waals surface area contributed by atoms with E-state index in [1.165, 1.54) is 0 Å². The summed E-state index contributed by atoms with van der Waals surface area (Å²) < 4.78 is 0. The first-order valence-electron chi connectivity index (χ1n) is 1.55. The molecular weight excluding hydrogens is 308 g/mol. The van der Waals surface area contributed by atoms with Crippen LogP contribution in [0, 0.1) is 0 Å². The van der Waals surface area contributed by atoms with Crippen LogP contribution in [-0.2, 0) is 4.79 Å². The molecule has 0 saturated carbocycles. The van der Waals surface area contributed by atoms with Crippen molar-refractivity contribution in [2.45, 2.75) is 6.42 Å². The number of carboxylic acid groups (broad SMARTS) is 1. The molecular formula is C3H5ClO2Tl. The summed E-state index contributed by atoms with van der Waals surface area (Å²) in [6.07, 6.45) is 0.0571. The van der Waals surface area contributed by atoms with Gasteiger partial charge >= 0.3 is 5.97 Å². The summed E-state index contributed by atoms with van der Waals surface area (Å²) in [6, 6.07) is 0. The van der Waals surface area contributed by atoms with Crippen molar-refractivity contribution in [2.24, 2.45) is 0 Å². The van der Waals surface area contributed by atoms with Crippen LogP contribution in [0.3, 0.4) is 0 Å². The van der Waals surface area contributed by atoms with E-state index in [2.05, 4.69) is 0 Å². The van der Waals surface area contributed by atoms with E-state index in [4.69, 9.17) is 16.7 Å². The molecule has 0 heterocycles. The predicted octanol–water partition coefficient (Wildman–Crippen LogP) is 0.319. The number of carbonyl (C=O) groups is 1. The summed E-state index contributed by atoms with van der Waals surface area (Å²) in [7, 11) is 0. The first-order chi connectivity index (χ1) is 2.77. The molecule has 0 bridgehead atoms. The van der Waals surface area contributed by atoms with Crippen molar-refractivity contribution in [3.63, 3.8) is 0 Å². The number of halogens is 1. The Morgan fingerprint density at radius 3 is 2.14 bits per heavy atom. The Morgan fingerprint density at radius 2 is 2.14 bits per heavy atom. The zero-order chi connectivity index (χ0) is 4.99. The molecule has 0 aliphatic rings. The smallest absolute Gasteiger partial charge is 0.304 e. The fraction of sp³-hybridized carbons (Fsp3) is 0.667. The maximum atomic E-state index is 9.51. The van der Waals surface area contributed by atoms with Gasteiger partial charge in [0.05, 0.1) is 6.42 Å². The van der Waals surface area contributed by atoms with Gasteiger partial charge in [-0.05, 0) is 0 Å². The largest absolute Gasteiger partial charge is 0.481 e. The maximum absolute atomic E-state index is 9.51. The van der Waals surface area contributed by atoms with Crippen molar-refractivity contribution in [1.29, 1.82) is 0 Å². The second-order valence-electron chi connectivity index (χ2n) is 0.833. The third kappa shape index (κ3) is 10.8. The van der Waals surface area contributed by atoms with Gasteiger partial charge in [0.25, 0.3) is 0 Å². The molecule has 1 radical (unpaired) electrons. The number of hydrogen-bond acceptors (Lipinski definition) is 1. The van der Waals surface area contributed by atoms with Gasteiger partial charge in [0, 0.05) is 33.2 Å². The van der Waals surface area contributed by atoms with Gasteiger partial charge in [-0.3, -0.25) is 4.79 Å². The van der Waals surface area contributed by atoms with E-state index in [1.807, 2.05) is 0 Å². The molecule has 0 fully saturated rings. The molecule has 0 amide bonds. The molecule has 0 aliphatic heterocycles. The van der Waals surface area contributed by atoms with E-state index in [1.54, 1.807) is 0 Å². The topological polar surface area (TPSA) is 37.3 Å². The molecule has 2 nitrogen and oxygen atoms in total. The van der Waals surface area contributed by atoms with Crippen LogP contribution in [0.1, 0.15) is 6.42 Å². The average Bonchev–Trinajstić information content (AvgIpc) is 1.35. The molecule has 0 rings (SSSR count). The van der Waals surface area contributed by atoms with E-state index >= 15 is 0 Å². The van der Waals surface area contributed by atoms with Crippen molar-refractivity contribution < 1.29 is 9.90 Å². The number of rotatable bonds is 2. The summed E-state index contributed by atoms with van der Waals surface area (Å²) in [5.74, 6) is -0.639. The van der Waals surface area contributed by atoms with Gasteiger partial charge < -0.3 is 5.11 Å². The van der Waals surface area contributed by atoms with Crippen LogP contribution >= 0.6 is 11.6 Å². The van der Waals surface area contributed by atoms with Crippen LogP contribution in [0.25, 0.3) is 0 Å². The number of hydrogen-bond donors (Lipinski definition) is 1. The number of carboxylic acids is 1. The van der Waals surface area contributed by atoms with Crippen molar-refractivity contribution >= 4 is 44.9 Å². The van der Waals surface area contributed by atoms with Crippen molar-refractivity contribution in [3.05, 3.63) is 0 Å². The summed E-state index contributed by atoms with van der Waals surface area (Å²) in [6.45, 7) is 0. The summed E-state index contributed by atoms with van der Waals surface area (Å²) in [5.41, 5.74) is 0. The van der Waals surface area contributed by atoms with Gasteiger partial charge in [0.1, 0.15) is 0 Å². The minimum atomic E-state index is -0.843. The maximum Gasteiger partial charge on any atom is 0.304 e. The summed E-state index contributed by atoms with van der Waals surface area (Å²) >= 11 is 5.02. The van der Waals surface area contributed by atoms with Gasteiger partial charge in [-0.2, -0.15) is 0 Å². The quantitative estimate of drug-likeness (QED) is 0.589. The zero-order valence-corrected chi connectivity index (χ0v) is 8.97. The molecule has 0 atom stereocenters. The molecule has 1 N–H and O–H groups in total. The first-order valence-corrected chi connectivity index (χ1v) is 2.08. The minimum Gasteiger partial charge on any atom is -0.481 e. The molecule has 0 aromatic heterocycles. The summed E-state index contributed by atoms with van der Waals surface area (Å²) in [5, 5.41) is 7.83. The van der Waals surface area contributed by atoms with Crippen LogP contribution < -0.4 is 0 Å². The third-order valence-electron chi connectivity index (χ3n) is 0.308. The molecule has 0 unspecified atom stereocenters. The van der Waals surface area contributed by atoms with Gasteiger partial charge in [0.2, 0.25) is 0 Å². The SMILES string of the molecule is O=C(O)CCCl.[Tl]. The molecule has 0 saturated heterocycles. The average molecular weight is 313 g/mol. The van der Waals surface area contributed by atoms with Gasteiger partial charge in [-0.15, -0.1) is 11.6 Å². The first kappa shape index (κ1) is 10.6. The van der Waals surface area contributed by atoms with Crippen molar-refractivity contribution in [2.75, 3.05) is 5.88 Å². The van der Waals surface area contributed by atoms with Crippen LogP contribution in [0.15, 0.2) is 0 Å². The van der Waals surface area contributed by atoms with E-state index in [0.717, 1.165) is 0 Å². The van der Waals surface area contributed by atoms with E-state index in [-0.39, 0.29) is 39.6 Å². The van der Waals surface area contributed by atoms with Gasteiger partial charge in [0.15, 0.2) is 0 Å². The zero-order valence-electron chi connectivity index (χ0n) is 3.72. The second-order valence-corrected chi connectivity index (χ2v) is 1.21. The van der Waals surface area contributed by atoms with E-state index in [0.29, 0.717) is 0 Å². The summed E-state index contributed by atoms with van der Waals surface area (Å²) in [4.78, 5) is 9.51. The number of aliphatic carboxylic acids is 1. The normalized spacial score (nSPS) is 7.00. The second kappa shape index (κ2) is 6.68. The molecule has 0 aliphatic carbocycles. The van der Waals surface area contributed by atoms with Crippen LogP contribution in [0.5, 0.6) is 0 Å².